The molecule has 18 heavy (non-hydrogen) atoms. The smallest absolute Gasteiger partial charge is 0.146 e. The highest BCUT2D eigenvalue weighted by Crippen LogP contribution is 2.18. The summed E-state index contributed by atoms with van der Waals surface area (Å²) in [6.45, 7) is 9.30. The molecule has 0 spiro atoms. The maximum atomic E-state index is 13.5. The van der Waals surface area contributed by atoms with Gasteiger partial charge in [-0.2, -0.15) is 0 Å². The van der Waals surface area contributed by atoms with Gasteiger partial charge in [0.05, 0.1) is 5.69 Å². The monoisotopic (exact) mass is 251 g/mol. The van der Waals surface area contributed by atoms with Crippen molar-refractivity contribution in [1.82, 2.24) is 10.2 Å². The van der Waals surface area contributed by atoms with E-state index < -0.39 is 0 Å². The fourth-order valence-electron chi connectivity index (χ4n) is 2.30. The molecule has 0 atom stereocenters. The fourth-order valence-corrected chi connectivity index (χ4v) is 2.30. The standard InChI is InChI=1S/C14H22FN3/c1-14(2,18-9-7-16-8-10-18)11-17-13-6-4-3-5-12(13)15/h3-6,16-17H,7-11H2,1-2H3. The van der Waals surface area contributed by atoms with Crippen LogP contribution in [-0.4, -0.2) is 43.2 Å². The Kier molecular flexibility index (Phi) is 4.19. The molecule has 1 fully saturated rings. The van der Waals surface area contributed by atoms with Gasteiger partial charge in [0, 0.05) is 38.3 Å². The zero-order chi connectivity index (χ0) is 13.0. The number of nitrogens with one attached hydrogen (secondary N) is 2. The molecule has 0 aliphatic carbocycles. The van der Waals surface area contributed by atoms with E-state index in [1.807, 2.05) is 6.07 Å². The molecule has 1 aromatic rings. The van der Waals surface area contributed by atoms with Gasteiger partial charge in [-0.25, -0.2) is 4.39 Å². The van der Waals surface area contributed by atoms with Crippen LogP contribution < -0.4 is 10.6 Å². The highest BCUT2D eigenvalue weighted by Gasteiger charge is 2.27. The quantitative estimate of drug-likeness (QED) is 0.856. The Morgan fingerprint density at radius 1 is 1.28 bits per heavy atom. The van der Waals surface area contributed by atoms with Crippen molar-refractivity contribution >= 4 is 5.69 Å². The van der Waals surface area contributed by atoms with Crippen molar-refractivity contribution in [1.29, 1.82) is 0 Å². The van der Waals surface area contributed by atoms with Gasteiger partial charge in [0.15, 0.2) is 0 Å². The molecule has 0 amide bonds. The van der Waals surface area contributed by atoms with Crippen molar-refractivity contribution in [2.24, 2.45) is 0 Å². The molecule has 1 saturated heterocycles. The predicted molar refractivity (Wildman–Crippen MR) is 73.4 cm³/mol. The van der Waals surface area contributed by atoms with Gasteiger partial charge in [-0.05, 0) is 26.0 Å². The number of benzene rings is 1. The number of hydrogen-bond donors (Lipinski definition) is 2. The van der Waals surface area contributed by atoms with Crippen LogP contribution in [0.1, 0.15) is 13.8 Å². The molecular weight excluding hydrogens is 229 g/mol. The molecule has 0 aromatic heterocycles. The first-order chi connectivity index (χ1) is 8.59. The molecule has 0 saturated carbocycles. The van der Waals surface area contributed by atoms with E-state index in [9.17, 15) is 4.39 Å². The van der Waals surface area contributed by atoms with Crippen LogP contribution in [0.2, 0.25) is 0 Å². The third kappa shape index (κ3) is 3.21. The van der Waals surface area contributed by atoms with Crippen molar-refractivity contribution in [3.63, 3.8) is 0 Å². The Balaban J connectivity index is 1.94. The van der Waals surface area contributed by atoms with Gasteiger partial charge in [0.2, 0.25) is 0 Å². The Hall–Kier alpha value is -1.13. The van der Waals surface area contributed by atoms with Gasteiger partial charge in [-0.3, -0.25) is 4.90 Å². The highest BCUT2D eigenvalue weighted by atomic mass is 19.1. The number of piperazine rings is 1. The zero-order valence-electron chi connectivity index (χ0n) is 11.2. The van der Waals surface area contributed by atoms with Gasteiger partial charge in [0.25, 0.3) is 0 Å². The number of anilines is 1. The van der Waals surface area contributed by atoms with Crippen molar-refractivity contribution < 1.29 is 4.39 Å². The number of halogens is 1. The average molecular weight is 251 g/mol. The van der Waals surface area contributed by atoms with E-state index in [1.54, 1.807) is 12.1 Å². The molecule has 4 heteroatoms. The molecule has 1 heterocycles. The predicted octanol–water partition coefficient (Wildman–Crippen LogP) is 1.92. The molecule has 1 aliphatic rings. The molecular formula is C14H22FN3. The number of hydrogen-bond acceptors (Lipinski definition) is 3. The van der Waals surface area contributed by atoms with Gasteiger partial charge >= 0.3 is 0 Å². The molecule has 3 nitrogen and oxygen atoms in total. The second-order valence-electron chi connectivity index (χ2n) is 5.38. The molecule has 2 N–H and O–H groups in total. The molecule has 1 aliphatic heterocycles. The van der Waals surface area contributed by atoms with E-state index in [1.165, 1.54) is 6.07 Å². The van der Waals surface area contributed by atoms with Crippen LogP contribution in [0.25, 0.3) is 0 Å². The Morgan fingerprint density at radius 2 is 1.94 bits per heavy atom. The lowest BCUT2D eigenvalue weighted by atomic mass is 10.0. The fraction of sp³-hybridized carbons (Fsp3) is 0.571. The topological polar surface area (TPSA) is 27.3 Å². The lowest BCUT2D eigenvalue weighted by Crippen LogP contribution is -2.56. The van der Waals surface area contributed by atoms with E-state index in [0.717, 1.165) is 32.7 Å². The summed E-state index contributed by atoms with van der Waals surface area (Å²) in [4.78, 5) is 2.44. The second-order valence-corrected chi connectivity index (χ2v) is 5.38. The summed E-state index contributed by atoms with van der Waals surface area (Å²) in [5, 5.41) is 6.56. The van der Waals surface area contributed by atoms with Crippen molar-refractivity contribution in [3.8, 4) is 0 Å². The van der Waals surface area contributed by atoms with E-state index in [-0.39, 0.29) is 11.4 Å². The number of nitrogens with zero attached hydrogens (tertiary/aromatic N) is 1. The summed E-state index contributed by atoms with van der Waals surface area (Å²) in [5.41, 5.74) is 0.616. The van der Waals surface area contributed by atoms with Crippen LogP contribution in [0.5, 0.6) is 0 Å². The molecule has 100 valence electrons. The van der Waals surface area contributed by atoms with Crippen molar-refractivity contribution in [2.75, 3.05) is 38.0 Å². The molecule has 0 radical (unpaired) electrons. The van der Waals surface area contributed by atoms with E-state index in [2.05, 4.69) is 29.4 Å². The third-order valence-electron chi connectivity index (χ3n) is 3.56. The first-order valence-electron chi connectivity index (χ1n) is 6.54. The van der Waals surface area contributed by atoms with Gasteiger partial charge < -0.3 is 10.6 Å². The second kappa shape index (κ2) is 5.67. The maximum absolute atomic E-state index is 13.5. The van der Waals surface area contributed by atoms with E-state index in [4.69, 9.17) is 0 Å². The van der Waals surface area contributed by atoms with Crippen LogP contribution in [0.4, 0.5) is 10.1 Å². The normalized spacial score (nSPS) is 17.7. The highest BCUT2D eigenvalue weighted by molar-refractivity contribution is 5.44. The van der Waals surface area contributed by atoms with Crippen molar-refractivity contribution in [2.45, 2.75) is 19.4 Å². The summed E-state index contributed by atoms with van der Waals surface area (Å²) >= 11 is 0. The number of rotatable bonds is 4. The van der Waals surface area contributed by atoms with Crippen LogP contribution >= 0.6 is 0 Å². The number of para-hydroxylation sites is 1. The minimum atomic E-state index is -0.186. The SMILES string of the molecule is CC(C)(CNc1ccccc1F)N1CCNCC1. The van der Waals surface area contributed by atoms with Gasteiger partial charge in [0.1, 0.15) is 5.82 Å². The maximum Gasteiger partial charge on any atom is 0.146 e. The molecule has 1 aromatic carbocycles. The Morgan fingerprint density at radius 3 is 2.61 bits per heavy atom. The minimum Gasteiger partial charge on any atom is -0.381 e. The third-order valence-corrected chi connectivity index (χ3v) is 3.56. The van der Waals surface area contributed by atoms with E-state index >= 15 is 0 Å². The summed E-state index contributed by atoms with van der Waals surface area (Å²) in [6.07, 6.45) is 0. The average Bonchev–Trinajstić information content (AvgIpc) is 2.39. The summed E-state index contributed by atoms with van der Waals surface area (Å²) in [7, 11) is 0. The van der Waals surface area contributed by atoms with Crippen LogP contribution in [0.15, 0.2) is 24.3 Å². The first-order valence-corrected chi connectivity index (χ1v) is 6.54. The molecule has 0 bridgehead atoms. The zero-order valence-corrected chi connectivity index (χ0v) is 11.2. The van der Waals surface area contributed by atoms with E-state index in [0.29, 0.717) is 5.69 Å². The Labute approximate surface area is 108 Å². The molecule has 0 unspecified atom stereocenters. The van der Waals surface area contributed by atoms with Gasteiger partial charge in [-0.15, -0.1) is 0 Å². The van der Waals surface area contributed by atoms with Crippen molar-refractivity contribution in [3.05, 3.63) is 30.1 Å². The minimum absolute atomic E-state index is 0.0321. The van der Waals surface area contributed by atoms with Crippen LogP contribution in [-0.2, 0) is 0 Å². The molecule has 2 rings (SSSR count). The van der Waals surface area contributed by atoms with Crippen LogP contribution in [0.3, 0.4) is 0 Å². The summed E-state index contributed by atoms with van der Waals surface area (Å²) in [5.74, 6) is -0.186. The lowest BCUT2D eigenvalue weighted by Gasteiger charge is -2.41. The van der Waals surface area contributed by atoms with Crippen LogP contribution in [0, 0.1) is 5.82 Å². The largest absolute Gasteiger partial charge is 0.381 e. The summed E-state index contributed by atoms with van der Waals surface area (Å²) < 4.78 is 13.5. The first kappa shape index (κ1) is 13.3. The lowest BCUT2D eigenvalue weighted by molar-refractivity contribution is 0.114. The summed E-state index contributed by atoms with van der Waals surface area (Å²) in [6, 6.07) is 6.83. The Bertz CT molecular complexity index is 386. The van der Waals surface area contributed by atoms with Gasteiger partial charge in [-0.1, -0.05) is 12.1 Å².